The van der Waals surface area contributed by atoms with Crippen molar-refractivity contribution < 1.29 is 23.5 Å². The zero-order valence-electron chi connectivity index (χ0n) is 15.5. The third-order valence-corrected chi connectivity index (χ3v) is 5.59. The van der Waals surface area contributed by atoms with E-state index in [9.17, 15) is 14.0 Å². The highest BCUT2D eigenvalue weighted by Gasteiger charge is 2.48. The number of halogens is 1. The van der Waals surface area contributed by atoms with Crippen molar-refractivity contribution in [1.29, 1.82) is 0 Å². The van der Waals surface area contributed by atoms with Gasteiger partial charge in [-0.1, -0.05) is 24.3 Å². The minimum atomic E-state index is -0.447. The second-order valence-corrected chi connectivity index (χ2v) is 7.78. The van der Waals surface area contributed by atoms with Gasteiger partial charge >= 0.3 is 5.97 Å². The van der Waals surface area contributed by atoms with Crippen molar-refractivity contribution in [3.8, 4) is 0 Å². The van der Waals surface area contributed by atoms with E-state index < -0.39 is 12.0 Å². The number of fused-ring (bicyclic) bond motifs is 2. The fourth-order valence-corrected chi connectivity index (χ4v) is 4.41. The summed E-state index contributed by atoms with van der Waals surface area (Å²) in [6.07, 6.45) is 4.77. The fourth-order valence-electron chi connectivity index (χ4n) is 4.41. The van der Waals surface area contributed by atoms with Gasteiger partial charge in [0, 0.05) is 6.54 Å². The van der Waals surface area contributed by atoms with Gasteiger partial charge < -0.3 is 14.4 Å². The van der Waals surface area contributed by atoms with Crippen LogP contribution in [0.25, 0.3) is 0 Å². The summed E-state index contributed by atoms with van der Waals surface area (Å²) in [4.78, 5) is 27.7. The highest BCUT2D eigenvalue weighted by Crippen LogP contribution is 2.42. The number of amides is 1. The minimum Gasteiger partial charge on any atom is -0.463 e. The van der Waals surface area contributed by atoms with Crippen molar-refractivity contribution >= 4 is 11.9 Å². The Bertz CT molecular complexity index is 760. The number of benzene rings is 1. The summed E-state index contributed by atoms with van der Waals surface area (Å²) in [5.41, 5.74) is 0.757. The summed E-state index contributed by atoms with van der Waals surface area (Å²) in [5, 5.41) is 0. The molecule has 0 aromatic heterocycles. The third-order valence-electron chi connectivity index (χ3n) is 5.59. The number of carbonyl (C=O) groups excluding carboxylic acids is 2. The fraction of sp³-hybridized carbons (Fsp3) is 0.524. The van der Waals surface area contributed by atoms with Gasteiger partial charge in [0.1, 0.15) is 5.82 Å². The predicted molar refractivity (Wildman–Crippen MR) is 96.1 cm³/mol. The molecule has 0 aliphatic carbocycles. The Morgan fingerprint density at radius 2 is 1.93 bits per heavy atom. The quantitative estimate of drug-likeness (QED) is 0.601. The van der Waals surface area contributed by atoms with Crippen LogP contribution in [-0.2, 0) is 19.1 Å². The first kappa shape index (κ1) is 18.2. The van der Waals surface area contributed by atoms with Crippen molar-refractivity contribution in [2.24, 2.45) is 11.8 Å². The first-order chi connectivity index (χ1) is 12.9. The number of esters is 1. The van der Waals surface area contributed by atoms with E-state index in [0.29, 0.717) is 19.4 Å². The molecule has 2 bridgehead atoms. The number of hydrogen-bond donors (Lipinski definition) is 0. The van der Waals surface area contributed by atoms with Crippen molar-refractivity contribution in [1.82, 2.24) is 4.90 Å². The van der Waals surface area contributed by atoms with E-state index in [0.717, 1.165) is 5.56 Å². The predicted octanol–water partition coefficient (Wildman–Crippen LogP) is 3.01. The van der Waals surface area contributed by atoms with Crippen molar-refractivity contribution in [2.75, 3.05) is 6.54 Å². The summed E-state index contributed by atoms with van der Waals surface area (Å²) in [6.45, 7) is 4.10. The number of rotatable bonds is 4. The minimum absolute atomic E-state index is 0.000946. The van der Waals surface area contributed by atoms with Gasteiger partial charge in [0.2, 0.25) is 5.91 Å². The van der Waals surface area contributed by atoms with Gasteiger partial charge in [0.15, 0.2) is 0 Å². The Morgan fingerprint density at radius 3 is 2.52 bits per heavy atom. The number of carbonyl (C=O) groups is 2. The normalized spacial score (nSPS) is 31.7. The Kier molecular flexibility index (Phi) is 4.76. The highest BCUT2D eigenvalue weighted by molar-refractivity contribution is 5.83. The SMILES string of the molecule is CC(C)OC(=O)[C@@H]1CCN(C(=O)[C@H]2C[C@@H]3C=C[C@@H]2O3)[C@@H]1c1ccc(F)cc1. The maximum atomic E-state index is 13.4. The van der Waals surface area contributed by atoms with E-state index in [1.807, 2.05) is 26.0 Å². The number of likely N-dealkylation sites (tertiary alicyclic amines) is 1. The van der Waals surface area contributed by atoms with E-state index in [1.54, 1.807) is 17.0 Å². The Hall–Kier alpha value is -2.21. The van der Waals surface area contributed by atoms with Crippen LogP contribution in [0, 0.1) is 17.7 Å². The average molecular weight is 373 g/mol. The zero-order valence-corrected chi connectivity index (χ0v) is 15.5. The smallest absolute Gasteiger partial charge is 0.311 e. The summed E-state index contributed by atoms with van der Waals surface area (Å²) < 4.78 is 24.6. The van der Waals surface area contributed by atoms with Crippen LogP contribution in [0.2, 0.25) is 0 Å². The molecule has 1 amide bonds. The maximum Gasteiger partial charge on any atom is 0.311 e. The van der Waals surface area contributed by atoms with Crippen LogP contribution in [0.15, 0.2) is 36.4 Å². The van der Waals surface area contributed by atoms with E-state index in [2.05, 4.69) is 0 Å². The van der Waals surface area contributed by atoms with Gasteiger partial charge in [-0.05, 0) is 44.4 Å². The molecule has 144 valence electrons. The van der Waals surface area contributed by atoms with Gasteiger partial charge in [0.05, 0.1) is 36.2 Å². The molecule has 0 spiro atoms. The molecule has 2 saturated heterocycles. The molecule has 4 rings (SSSR count). The summed E-state index contributed by atoms with van der Waals surface area (Å²) in [5.74, 6) is -1.32. The lowest BCUT2D eigenvalue weighted by atomic mass is 9.90. The Balaban J connectivity index is 1.61. The molecule has 6 heteroatoms. The van der Waals surface area contributed by atoms with Crippen LogP contribution < -0.4 is 0 Å². The highest BCUT2D eigenvalue weighted by atomic mass is 19.1. The molecule has 1 aromatic carbocycles. The zero-order chi connectivity index (χ0) is 19.1. The largest absolute Gasteiger partial charge is 0.463 e. The topological polar surface area (TPSA) is 55.8 Å². The summed E-state index contributed by atoms with van der Waals surface area (Å²) >= 11 is 0. The molecule has 3 aliphatic rings. The number of ether oxygens (including phenoxy) is 2. The van der Waals surface area contributed by atoms with Crippen LogP contribution in [0.1, 0.15) is 38.3 Å². The second kappa shape index (κ2) is 7.08. The Labute approximate surface area is 158 Å². The van der Waals surface area contributed by atoms with Crippen LogP contribution in [0.4, 0.5) is 4.39 Å². The second-order valence-electron chi connectivity index (χ2n) is 7.78. The molecule has 3 aliphatic heterocycles. The first-order valence-electron chi connectivity index (χ1n) is 9.54. The van der Waals surface area contributed by atoms with Gasteiger partial charge in [-0.25, -0.2) is 4.39 Å². The molecule has 1 aromatic rings. The molecular formula is C21H24FNO4. The molecule has 0 unspecified atom stereocenters. The molecule has 0 radical (unpaired) electrons. The van der Waals surface area contributed by atoms with Gasteiger partial charge in [-0.2, -0.15) is 0 Å². The van der Waals surface area contributed by atoms with Crippen molar-refractivity contribution in [3.05, 3.63) is 47.8 Å². The van der Waals surface area contributed by atoms with E-state index in [4.69, 9.17) is 9.47 Å². The molecule has 0 saturated carbocycles. The van der Waals surface area contributed by atoms with Crippen LogP contribution >= 0.6 is 0 Å². The van der Waals surface area contributed by atoms with Crippen LogP contribution in [-0.4, -0.2) is 41.6 Å². The van der Waals surface area contributed by atoms with Gasteiger partial charge in [0.25, 0.3) is 0 Å². The van der Waals surface area contributed by atoms with E-state index >= 15 is 0 Å². The Morgan fingerprint density at radius 1 is 1.19 bits per heavy atom. The van der Waals surface area contributed by atoms with Crippen LogP contribution in [0.5, 0.6) is 0 Å². The molecular weight excluding hydrogens is 349 g/mol. The molecule has 5 atom stereocenters. The number of hydrogen-bond acceptors (Lipinski definition) is 4. The van der Waals surface area contributed by atoms with Crippen LogP contribution in [0.3, 0.4) is 0 Å². The molecule has 3 heterocycles. The summed E-state index contributed by atoms with van der Waals surface area (Å²) in [6, 6.07) is 5.60. The monoisotopic (exact) mass is 373 g/mol. The lowest BCUT2D eigenvalue weighted by Gasteiger charge is -2.31. The molecule has 0 N–H and O–H groups in total. The molecule has 27 heavy (non-hydrogen) atoms. The lowest BCUT2D eigenvalue weighted by Crippen LogP contribution is -2.40. The van der Waals surface area contributed by atoms with Gasteiger partial charge in [-0.15, -0.1) is 0 Å². The standard InChI is InChI=1S/C21H24FNO4/c1-12(2)26-21(25)16-9-10-23(19(16)13-3-5-14(22)6-4-13)20(24)17-11-15-7-8-18(17)27-15/h3-8,12,15-19H,9-11H2,1-2H3/t15-,16+,17-,18-,19+/m0/s1. The lowest BCUT2D eigenvalue weighted by molar-refractivity contribution is -0.154. The third kappa shape index (κ3) is 3.38. The maximum absolute atomic E-state index is 13.4. The summed E-state index contributed by atoms with van der Waals surface area (Å²) in [7, 11) is 0. The molecule has 5 nitrogen and oxygen atoms in total. The first-order valence-corrected chi connectivity index (χ1v) is 9.54. The van der Waals surface area contributed by atoms with Gasteiger partial charge in [-0.3, -0.25) is 9.59 Å². The number of nitrogens with zero attached hydrogens (tertiary/aromatic N) is 1. The van der Waals surface area contributed by atoms with Crippen molar-refractivity contribution in [2.45, 2.75) is 51.0 Å². The average Bonchev–Trinajstić information content (AvgIpc) is 3.36. The van der Waals surface area contributed by atoms with Crippen molar-refractivity contribution in [3.63, 3.8) is 0 Å². The molecule has 2 fully saturated rings. The van der Waals surface area contributed by atoms with E-state index in [1.165, 1.54) is 12.1 Å². The van der Waals surface area contributed by atoms with E-state index in [-0.39, 0.29) is 41.9 Å².